The molecule has 0 amide bonds. The first-order chi connectivity index (χ1) is 10.7. The first-order valence-electron chi connectivity index (χ1n) is 7.59. The van der Waals surface area contributed by atoms with Gasteiger partial charge in [0.2, 0.25) is 0 Å². The summed E-state index contributed by atoms with van der Waals surface area (Å²) >= 11 is 0. The van der Waals surface area contributed by atoms with Gasteiger partial charge in [0.1, 0.15) is 0 Å². The third kappa shape index (κ3) is 1.92. The standard InChI is InChI=1S/C20H18N2/c1-20(2)16-8-4-6-10-18(16)22-19(20)12-11-14-13-21-17-9-5-3-7-15(14)17/h3-13,21H,1-2H3/b12-11+. The van der Waals surface area contributed by atoms with E-state index in [1.54, 1.807) is 0 Å². The summed E-state index contributed by atoms with van der Waals surface area (Å²) in [4.78, 5) is 8.11. The van der Waals surface area contributed by atoms with Gasteiger partial charge in [-0.1, -0.05) is 56.3 Å². The van der Waals surface area contributed by atoms with Crippen LogP contribution in [0, 0.1) is 0 Å². The first-order valence-corrected chi connectivity index (χ1v) is 7.59. The van der Waals surface area contributed by atoms with Crippen molar-refractivity contribution in [3.05, 3.63) is 71.9 Å². The Balaban J connectivity index is 1.73. The van der Waals surface area contributed by atoms with Crippen molar-refractivity contribution in [3.8, 4) is 0 Å². The van der Waals surface area contributed by atoms with E-state index < -0.39 is 0 Å². The number of nitrogens with zero attached hydrogens (tertiary/aromatic N) is 1. The third-order valence-corrected chi connectivity index (χ3v) is 4.50. The maximum atomic E-state index is 4.80. The SMILES string of the molecule is CC1(C)C(/C=C/c2c[nH]c3ccccc23)=Nc2ccccc21. The normalized spacial score (nSPS) is 16.2. The second-order valence-corrected chi connectivity index (χ2v) is 6.26. The molecule has 1 N–H and O–H groups in total. The monoisotopic (exact) mass is 286 g/mol. The number of aliphatic imine (C=N–C) groups is 1. The number of aromatic amines is 1. The second kappa shape index (κ2) is 4.70. The van der Waals surface area contributed by atoms with Crippen molar-refractivity contribution < 1.29 is 0 Å². The maximum Gasteiger partial charge on any atom is 0.0674 e. The van der Waals surface area contributed by atoms with Crippen LogP contribution in [-0.2, 0) is 5.41 Å². The van der Waals surface area contributed by atoms with Gasteiger partial charge in [-0.2, -0.15) is 0 Å². The lowest BCUT2D eigenvalue weighted by Gasteiger charge is -2.20. The molecule has 0 unspecified atom stereocenters. The van der Waals surface area contributed by atoms with Crippen LogP contribution in [0.15, 0.2) is 65.8 Å². The lowest BCUT2D eigenvalue weighted by molar-refractivity contribution is 0.740. The summed E-state index contributed by atoms with van der Waals surface area (Å²) in [6.45, 7) is 4.47. The van der Waals surface area contributed by atoms with Gasteiger partial charge < -0.3 is 4.98 Å². The molecular weight excluding hydrogens is 268 g/mol. The summed E-state index contributed by atoms with van der Waals surface area (Å²) in [7, 11) is 0. The highest BCUT2D eigenvalue weighted by Crippen LogP contribution is 2.40. The smallest absolute Gasteiger partial charge is 0.0674 e. The molecule has 0 spiro atoms. The number of hydrogen-bond donors (Lipinski definition) is 1. The van der Waals surface area contributed by atoms with Crippen molar-refractivity contribution in [2.45, 2.75) is 19.3 Å². The molecule has 0 bridgehead atoms. The molecule has 1 aliphatic heterocycles. The van der Waals surface area contributed by atoms with Crippen LogP contribution in [0.25, 0.3) is 17.0 Å². The van der Waals surface area contributed by atoms with Crippen LogP contribution in [0.2, 0.25) is 0 Å². The highest BCUT2D eigenvalue weighted by Gasteiger charge is 2.32. The van der Waals surface area contributed by atoms with Gasteiger partial charge >= 0.3 is 0 Å². The van der Waals surface area contributed by atoms with E-state index in [-0.39, 0.29) is 5.41 Å². The molecule has 0 saturated heterocycles. The highest BCUT2D eigenvalue weighted by molar-refractivity contribution is 6.11. The fourth-order valence-corrected chi connectivity index (χ4v) is 3.15. The van der Waals surface area contributed by atoms with E-state index in [2.05, 4.69) is 73.6 Å². The molecule has 0 aliphatic carbocycles. The molecule has 0 atom stereocenters. The molecule has 4 rings (SSSR count). The molecule has 1 aliphatic rings. The summed E-state index contributed by atoms with van der Waals surface area (Å²) in [6, 6.07) is 16.7. The maximum absolute atomic E-state index is 4.80. The summed E-state index contributed by atoms with van der Waals surface area (Å²) in [6.07, 6.45) is 6.36. The van der Waals surface area contributed by atoms with Crippen LogP contribution in [0.4, 0.5) is 5.69 Å². The zero-order chi connectivity index (χ0) is 15.2. The lowest BCUT2D eigenvalue weighted by atomic mass is 9.81. The zero-order valence-electron chi connectivity index (χ0n) is 12.8. The molecule has 1 aromatic heterocycles. The van der Waals surface area contributed by atoms with Crippen LogP contribution in [0.1, 0.15) is 25.0 Å². The van der Waals surface area contributed by atoms with Gasteiger partial charge in [-0.3, -0.25) is 4.99 Å². The van der Waals surface area contributed by atoms with Crippen LogP contribution in [0.5, 0.6) is 0 Å². The minimum atomic E-state index is -0.0425. The van der Waals surface area contributed by atoms with Crippen LogP contribution in [0.3, 0.4) is 0 Å². The fourth-order valence-electron chi connectivity index (χ4n) is 3.15. The van der Waals surface area contributed by atoms with Crippen molar-refractivity contribution in [1.82, 2.24) is 4.98 Å². The number of nitrogens with one attached hydrogen (secondary N) is 1. The van der Waals surface area contributed by atoms with Gasteiger partial charge in [0, 0.05) is 22.5 Å². The number of rotatable bonds is 2. The fraction of sp³-hybridized carbons (Fsp3) is 0.150. The Bertz CT molecular complexity index is 910. The van der Waals surface area contributed by atoms with E-state index in [0.717, 1.165) is 16.9 Å². The number of H-pyrrole nitrogens is 1. The van der Waals surface area contributed by atoms with Crippen LogP contribution >= 0.6 is 0 Å². The van der Waals surface area contributed by atoms with Gasteiger partial charge in [0.15, 0.2) is 0 Å². The predicted molar refractivity (Wildman–Crippen MR) is 93.9 cm³/mol. The molecular formula is C20H18N2. The molecule has 108 valence electrons. The molecule has 22 heavy (non-hydrogen) atoms. The number of allylic oxidation sites excluding steroid dienone is 1. The largest absolute Gasteiger partial charge is 0.361 e. The average molecular weight is 286 g/mol. The van der Waals surface area contributed by atoms with Gasteiger partial charge in [0.05, 0.1) is 11.4 Å². The quantitative estimate of drug-likeness (QED) is 0.667. The van der Waals surface area contributed by atoms with Crippen molar-refractivity contribution in [3.63, 3.8) is 0 Å². The molecule has 2 heteroatoms. The minimum absolute atomic E-state index is 0.0425. The number of aromatic nitrogens is 1. The van der Waals surface area contributed by atoms with E-state index in [9.17, 15) is 0 Å². The zero-order valence-corrected chi connectivity index (χ0v) is 12.8. The topological polar surface area (TPSA) is 28.1 Å². The Morgan fingerprint density at radius 3 is 2.59 bits per heavy atom. The highest BCUT2D eigenvalue weighted by atomic mass is 14.8. The van der Waals surface area contributed by atoms with Crippen molar-refractivity contribution in [1.29, 1.82) is 0 Å². The molecule has 2 aromatic carbocycles. The Morgan fingerprint density at radius 2 is 1.73 bits per heavy atom. The van der Waals surface area contributed by atoms with Gasteiger partial charge in [-0.15, -0.1) is 0 Å². The number of para-hydroxylation sites is 2. The molecule has 0 radical (unpaired) electrons. The Hall–Kier alpha value is -2.61. The number of hydrogen-bond acceptors (Lipinski definition) is 1. The molecule has 2 nitrogen and oxygen atoms in total. The van der Waals surface area contributed by atoms with Gasteiger partial charge in [0.25, 0.3) is 0 Å². The van der Waals surface area contributed by atoms with Crippen LogP contribution < -0.4 is 0 Å². The number of benzene rings is 2. The lowest BCUT2D eigenvalue weighted by Crippen LogP contribution is -2.23. The summed E-state index contributed by atoms with van der Waals surface area (Å²) in [5, 5.41) is 1.24. The summed E-state index contributed by atoms with van der Waals surface area (Å²) in [5.74, 6) is 0. The molecule has 3 aromatic rings. The van der Waals surface area contributed by atoms with Crippen molar-refractivity contribution in [2.75, 3.05) is 0 Å². The van der Waals surface area contributed by atoms with Crippen molar-refractivity contribution >= 4 is 28.4 Å². The van der Waals surface area contributed by atoms with Crippen molar-refractivity contribution in [2.24, 2.45) is 4.99 Å². The minimum Gasteiger partial charge on any atom is -0.361 e. The Kier molecular flexibility index (Phi) is 2.80. The van der Waals surface area contributed by atoms with E-state index in [4.69, 9.17) is 4.99 Å². The van der Waals surface area contributed by atoms with E-state index >= 15 is 0 Å². The average Bonchev–Trinajstić information content (AvgIpc) is 3.05. The third-order valence-electron chi connectivity index (χ3n) is 4.50. The van der Waals surface area contributed by atoms with E-state index in [1.165, 1.54) is 16.5 Å². The molecule has 2 heterocycles. The second-order valence-electron chi connectivity index (χ2n) is 6.26. The Morgan fingerprint density at radius 1 is 0.955 bits per heavy atom. The van der Waals surface area contributed by atoms with Crippen LogP contribution in [-0.4, -0.2) is 10.7 Å². The van der Waals surface area contributed by atoms with Gasteiger partial charge in [-0.05, 0) is 29.3 Å². The Labute approximate surface area is 130 Å². The van der Waals surface area contributed by atoms with E-state index in [1.807, 2.05) is 12.1 Å². The molecule has 0 saturated carbocycles. The first kappa shape index (κ1) is 13.1. The predicted octanol–water partition coefficient (Wildman–Crippen LogP) is 5.25. The molecule has 0 fully saturated rings. The van der Waals surface area contributed by atoms with E-state index in [0.29, 0.717) is 0 Å². The summed E-state index contributed by atoms with van der Waals surface area (Å²) < 4.78 is 0. The summed E-state index contributed by atoms with van der Waals surface area (Å²) in [5.41, 5.74) is 5.82. The number of fused-ring (bicyclic) bond motifs is 2. The van der Waals surface area contributed by atoms with Gasteiger partial charge in [-0.25, -0.2) is 0 Å².